The van der Waals surface area contributed by atoms with E-state index in [0.717, 1.165) is 42.3 Å². The zero-order valence-electron chi connectivity index (χ0n) is 17.3. The lowest BCUT2D eigenvalue weighted by Gasteiger charge is -2.12. The normalized spacial score (nSPS) is 13.9. The van der Waals surface area contributed by atoms with E-state index in [1.807, 2.05) is 6.20 Å². The Balaban J connectivity index is 1.63. The molecule has 2 heterocycles. The van der Waals surface area contributed by atoms with Crippen LogP contribution in [0.5, 0.6) is 0 Å². The van der Waals surface area contributed by atoms with Gasteiger partial charge in [-0.15, -0.1) is 0 Å². The Labute approximate surface area is 184 Å². The van der Waals surface area contributed by atoms with E-state index >= 15 is 0 Å². The van der Waals surface area contributed by atoms with Crippen molar-refractivity contribution in [3.8, 4) is 0 Å². The molecule has 1 aromatic carbocycles. The number of hydrogen-bond donors (Lipinski definition) is 3. The number of rotatable bonds is 7. The van der Waals surface area contributed by atoms with E-state index in [0.29, 0.717) is 12.1 Å². The van der Waals surface area contributed by atoms with Gasteiger partial charge in [-0.25, -0.2) is 22.2 Å². The van der Waals surface area contributed by atoms with Crippen molar-refractivity contribution < 1.29 is 22.0 Å². The van der Waals surface area contributed by atoms with Gasteiger partial charge < -0.3 is 10.3 Å². The lowest BCUT2D eigenvalue weighted by atomic mass is 10.1. The average Bonchev–Trinajstić information content (AvgIpc) is 3.39. The molecular formula is C22H22F2N4O3S. The van der Waals surface area contributed by atoms with Crippen LogP contribution in [0.3, 0.4) is 0 Å². The van der Waals surface area contributed by atoms with E-state index in [-0.39, 0.29) is 11.4 Å². The summed E-state index contributed by atoms with van der Waals surface area (Å²) in [5.74, 6) is -3.66. The Hall–Kier alpha value is -3.27. The smallest absolute Gasteiger partial charge is 0.261 e. The number of hydrogen-bond acceptors (Lipinski definition) is 4. The van der Waals surface area contributed by atoms with Gasteiger partial charge in [-0.1, -0.05) is 13.0 Å². The molecule has 10 heteroatoms. The predicted octanol–water partition coefficient (Wildman–Crippen LogP) is 4.81. The summed E-state index contributed by atoms with van der Waals surface area (Å²) in [4.78, 5) is 20.1. The molecule has 7 nitrogen and oxygen atoms in total. The molecule has 4 rings (SSSR count). The van der Waals surface area contributed by atoms with Gasteiger partial charge in [0.15, 0.2) is 5.82 Å². The molecule has 3 N–H and O–H groups in total. The number of halogens is 2. The lowest BCUT2D eigenvalue weighted by Crippen LogP contribution is -2.20. The predicted molar refractivity (Wildman–Crippen MR) is 120 cm³/mol. The fourth-order valence-electron chi connectivity index (χ4n) is 3.77. The Morgan fingerprint density at radius 1 is 1.28 bits per heavy atom. The number of pyridine rings is 1. The Bertz CT molecular complexity index is 1330. The number of sulfonamides is 1. The standard InChI is InChI=1S/C22H22F2N4O3S/c1-2-9-32(30,31)28-18-8-7-17(23)19(20(18)24)22(29)27-14-10-15-16(13-5-3-4-6-13)12-26-21(15)25-11-14/h5,7-8,10-12,28H,2-4,6,9H2,1H3,(H,25,26)(H,27,29). The zero-order chi connectivity index (χ0) is 22.9. The Morgan fingerprint density at radius 3 is 2.81 bits per heavy atom. The van der Waals surface area contributed by atoms with Crippen molar-refractivity contribution in [2.45, 2.75) is 32.6 Å². The highest BCUT2D eigenvalue weighted by Gasteiger charge is 2.23. The van der Waals surface area contributed by atoms with Crippen molar-refractivity contribution in [3.05, 3.63) is 59.4 Å². The van der Waals surface area contributed by atoms with Gasteiger partial charge in [0.25, 0.3) is 5.91 Å². The lowest BCUT2D eigenvalue weighted by molar-refractivity contribution is 0.101. The number of amides is 1. The number of nitrogens with zero attached hydrogens (tertiary/aromatic N) is 1. The van der Waals surface area contributed by atoms with Gasteiger partial charge in [0.1, 0.15) is 17.0 Å². The van der Waals surface area contributed by atoms with Gasteiger partial charge in [-0.05, 0) is 49.5 Å². The SMILES string of the molecule is CCCS(=O)(=O)Nc1ccc(F)c(C(=O)Nc2cnc3[nH]cc(C4=CCCC4)c3c2)c1F. The third-order valence-corrected chi connectivity index (χ3v) is 6.71. The van der Waals surface area contributed by atoms with Crippen LogP contribution in [0.4, 0.5) is 20.2 Å². The highest BCUT2D eigenvalue weighted by Crippen LogP contribution is 2.33. The van der Waals surface area contributed by atoms with E-state index in [4.69, 9.17) is 0 Å². The maximum absolute atomic E-state index is 14.9. The number of aromatic amines is 1. The van der Waals surface area contributed by atoms with E-state index in [9.17, 15) is 22.0 Å². The molecule has 0 unspecified atom stereocenters. The molecule has 0 spiro atoms. The summed E-state index contributed by atoms with van der Waals surface area (Å²) in [6.07, 6.45) is 8.73. The van der Waals surface area contributed by atoms with Gasteiger partial charge in [-0.3, -0.25) is 9.52 Å². The average molecular weight is 461 g/mol. The van der Waals surface area contributed by atoms with Gasteiger partial charge in [0.05, 0.1) is 23.3 Å². The molecule has 0 fully saturated rings. The summed E-state index contributed by atoms with van der Waals surface area (Å²) < 4.78 is 55.2. The first kappa shape index (κ1) is 21.9. The number of benzene rings is 1. The molecule has 32 heavy (non-hydrogen) atoms. The number of fused-ring (bicyclic) bond motifs is 1. The summed E-state index contributed by atoms with van der Waals surface area (Å²) in [5, 5.41) is 3.25. The molecule has 1 amide bonds. The molecule has 0 atom stereocenters. The first-order valence-electron chi connectivity index (χ1n) is 10.3. The summed E-state index contributed by atoms with van der Waals surface area (Å²) in [6.45, 7) is 1.66. The fraction of sp³-hybridized carbons (Fsp3) is 0.273. The molecule has 0 bridgehead atoms. The number of anilines is 2. The van der Waals surface area contributed by atoms with Crippen molar-refractivity contribution in [3.63, 3.8) is 0 Å². The molecule has 168 valence electrons. The minimum atomic E-state index is -3.82. The minimum absolute atomic E-state index is 0.230. The number of nitrogens with one attached hydrogen (secondary N) is 3. The monoisotopic (exact) mass is 460 g/mol. The van der Waals surface area contributed by atoms with Crippen LogP contribution in [0.25, 0.3) is 16.6 Å². The minimum Gasteiger partial charge on any atom is -0.346 e. The second kappa shape index (κ2) is 8.70. The van der Waals surface area contributed by atoms with E-state index in [2.05, 4.69) is 26.1 Å². The van der Waals surface area contributed by atoms with E-state index in [1.165, 1.54) is 11.8 Å². The van der Waals surface area contributed by atoms with Crippen molar-refractivity contribution in [2.75, 3.05) is 15.8 Å². The topological polar surface area (TPSA) is 104 Å². The first-order chi connectivity index (χ1) is 15.3. The van der Waals surface area contributed by atoms with Gasteiger partial charge in [-0.2, -0.15) is 0 Å². The second-order valence-corrected chi connectivity index (χ2v) is 9.44. The van der Waals surface area contributed by atoms with Gasteiger partial charge in [0.2, 0.25) is 10.0 Å². The number of aromatic nitrogens is 2. The number of allylic oxidation sites excluding steroid dienone is 2. The third-order valence-electron chi connectivity index (χ3n) is 5.23. The van der Waals surface area contributed by atoms with E-state index in [1.54, 1.807) is 13.0 Å². The quantitative estimate of drug-likeness (QED) is 0.471. The number of carbonyl (C=O) groups excluding carboxylic acids is 1. The van der Waals surface area contributed by atoms with Gasteiger partial charge in [0, 0.05) is 17.1 Å². The van der Waals surface area contributed by atoms with Crippen molar-refractivity contribution in [1.82, 2.24) is 9.97 Å². The maximum atomic E-state index is 14.9. The molecule has 1 aliphatic rings. The van der Waals surface area contributed by atoms with E-state index < -0.39 is 38.8 Å². The maximum Gasteiger partial charge on any atom is 0.261 e. The Morgan fingerprint density at radius 2 is 2.09 bits per heavy atom. The summed E-state index contributed by atoms with van der Waals surface area (Å²) >= 11 is 0. The van der Waals surface area contributed by atoms with Crippen molar-refractivity contribution in [2.24, 2.45) is 0 Å². The van der Waals surface area contributed by atoms with Crippen LogP contribution in [0.2, 0.25) is 0 Å². The Kier molecular flexibility index (Phi) is 5.96. The van der Waals surface area contributed by atoms with Gasteiger partial charge >= 0.3 is 0 Å². The molecule has 1 aliphatic carbocycles. The van der Waals surface area contributed by atoms with Crippen LogP contribution >= 0.6 is 0 Å². The summed E-state index contributed by atoms with van der Waals surface area (Å²) in [5.41, 5.74) is 1.69. The molecular weight excluding hydrogens is 438 g/mol. The van der Waals surface area contributed by atoms with Crippen LogP contribution in [-0.2, 0) is 10.0 Å². The fourth-order valence-corrected chi connectivity index (χ4v) is 4.91. The highest BCUT2D eigenvalue weighted by atomic mass is 32.2. The second-order valence-electron chi connectivity index (χ2n) is 7.60. The zero-order valence-corrected chi connectivity index (χ0v) is 18.2. The highest BCUT2D eigenvalue weighted by molar-refractivity contribution is 7.92. The molecule has 0 radical (unpaired) electrons. The van der Waals surface area contributed by atoms with Crippen LogP contribution < -0.4 is 10.0 Å². The molecule has 0 saturated carbocycles. The molecule has 2 aromatic heterocycles. The summed E-state index contributed by atoms with van der Waals surface area (Å²) in [6, 6.07) is 3.48. The summed E-state index contributed by atoms with van der Waals surface area (Å²) in [7, 11) is -3.82. The van der Waals surface area contributed by atoms with Crippen LogP contribution in [0.1, 0.15) is 48.5 Å². The number of H-pyrrole nitrogens is 1. The molecule has 3 aromatic rings. The number of carbonyl (C=O) groups is 1. The molecule has 0 aliphatic heterocycles. The van der Waals surface area contributed by atoms with Crippen LogP contribution in [0.15, 0.2) is 36.7 Å². The van der Waals surface area contributed by atoms with Crippen LogP contribution in [0, 0.1) is 11.6 Å². The molecule has 0 saturated heterocycles. The van der Waals surface area contributed by atoms with Crippen molar-refractivity contribution >= 4 is 43.9 Å². The first-order valence-corrected chi connectivity index (χ1v) is 11.9. The van der Waals surface area contributed by atoms with Crippen LogP contribution in [-0.4, -0.2) is 30.0 Å². The van der Waals surface area contributed by atoms with Crippen molar-refractivity contribution in [1.29, 1.82) is 0 Å². The largest absolute Gasteiger partial charge is 0.346 e. The third kappa shape index (κ3) is 4.36.